The fourth-order valence-electron chi connectivity index (χ4n) is 4.94. The Hall–Kier alpha value is -2.37. The van der Waals surface area contributed by atoms with Crippen LogP contribution in [0.4, 0.5) is 0 Å². The van der Waals surface area contributed by atoms with Crippen molar-refractivity contribution in [3.8, 4) is 0 Å². The molecule has 0 saturated carbocycles. The topological polar surface area (TPSA) is 85.3 Å². The summed E-state index contributed by atoms with van der Waals surface area (Å²) < 4.78 is 0. The molecule has 0 aliphatic heterocycles. The van der Waals surface area contributed by atoms with Crippen LogP contribution in [0.1, 0.15) is 197 Å². The molecular formula is C64H102O5Y3-6. The molecule has 0 heterocycles. The van der Waals surface area contributed by atoms with Gasteiger partial charge in [0.15, 0.2) is 5.78 Å². The molecule has 0 aliphatic carbocycles. The van der Waals surface area contributed by atoms with Crippen LogP contribution in [-0.4, -0.2) is 30.4 Å². The van der Waals surface area contributed by atoms with E-state index < -0.39 is 0 Å². The fourth-order valence-corrected chi connectivity index (χ4v) is 4.94. The minimum absolute atomic E-state index is 0. The van der Waals surface area contributed by atoms with Crippen LogP contribution < -0.4 is 0 Å². The van der Waals surface area contributed by atoms with E-state index in [0.717, 1.165) is 42.4 Å². The quantitative estimate of drug-likeness (QED) is 0.136. The maximum absolute atomic E-state index is 10.7. The van der Waals surface area contributed by atoms with Gasteiger partial charge in [-0.05, 0) is 103 Å². The first-order chi connectivity index (χ1) is 32.1. The van der Waals surface area contributed by atoms with Crippen LogP contribution in [0.5, 0.6) is 0 Å². The SMILES string of the molecule is C.CC.CC.CC.CC.CC(=O)/C=C/c1ccc(C)cc1C.CCCCC(C)=O.CCc1ccc(C)cc1C.C[C-]=O.C[C-]=O.C[C-]=O.[CH2-]C([CH2-])=Cc1ccc(C)cc1C.[CH2-]c1ccc(C)cc1C.[Y].[Y].[Y]. The van der Waals surface area contributed by atoms with Gasteiger partial charge in [-0.2, -0.15) is 44.9 Å². The molecule has 4 aromatic rings. The summed E-state index contributed by atoms with van der Waals surface area (Å²) in [6.07, 6.45) is 14.0. The third kappa shape index (κ3) is 71.9. The van der Waals surface area contributed by atoms with Gasteiger partial charge < -0.3 is 38.6 Å². The van der Waals surface area contributed by atoms with Crippen molar-refractivity contribution < 1.29 is 122 Å². The zero-order valence-corrected chi connectivity index (χ0v) is 57.9. The Morgan fingerprint density at radius 3 is 1.10 bits per heavy atom. The van der Waals surface area contributed by atoms with Crippen LogP contribution in [0, 0.1) is 76.2 Å². The van der Waals surface area contributed by atoms with Crippen LogP contribution >= 0.6 is 0 Å². The first-order valence-corrected chi connectivity index (χ1v) is 24.1. The number of benzene rings is 4. The summed E-state index contributed by atoms with van der Waals surface area (Å²) in [6, 6.07) is 25.4. The predicted molar refractivity (Wildman–Crippen MR) is 312 cm³/mol. The summed E-state index contributed by atoms with van der Waals surface area (Å²) in [5.74, 6) is 0.391. The molecule has 0 aromatic heterocycles. The molecule has 4 rings (SSSR count). The number of rotatable bonds is 7. The Labute approximate surface area is 523 Å². The summed E-state index contributed by atoms with van der Waals surface area (Å²) in [6.45, 7) is 55.6. The summed E-state index contributed by atoms with van der Waals surface area (Å²) in [4.78, 5) is 47.0. The van der Waals surface area contributed by atoms with E-state index in [2.05, 4.69) is 138 Å². The van der Waals surface area contributed by atoms with E-state index in [0.29, 0.717) is 5.78 Å². The number of carbonyl (C=O) groups excluding carboxylic acids is 5. The standard InChI is InChI=1S/C12H14O.C12H14.C10H14.C9H11.C6H12O.3C2H3O.4C2H6.CH4.3Y/c1-9-4-6-12(10(2)8-9)7-5-11(3)13;1-9(2)7-12-6-5-10(3)8-11(12)4;1-4-10-6-5-8(2)7-9(10)3;1-7-4-5-8(2)9(3)6-7;1-3-4-5-6(2)7;3*1-2-3;4*1-2;;;;/h4-8H,1-3H3;5-8H,1-2H2,3-4H3;5-7H,4H2,1-3H3;4-6H,2H2,1,3H3;3-5H2,1-2H3;3*1H3;4*1-2H3;1H4;;;/q;-2;;-1;;3*-1;;;;;;;;/b7-5+;;;;;;;;;;;;;;;. The van der Waals surface area contributed by atoms with E-state index in [9.17, 15) is 9.59 Å². The van der Waals surface area contributed by atoms with Crippen LogP contribution in [-0.2, 0) is 129 Å². The van der Waals surface area contributed by atoms with Gasteiger partial charge in [-0.25, -0.2) is 0 Å². The molecule has 72 heavy (non-hydrogen) atoms. The minimum Gasteiger partial charge on any atom is -0.542 e. The van der Waals surface area contributed by atoms with E-state index >= 15 is 0 Å². The van der Waals surface area contributed by atoms with Crippen molar-refractivity contribution in [2.24, 2.45) is 0 Å². The Bertz CT molecular complexity index is 1870. The average Bonchev–Trinajstić information content (AvgIpc) is 3.29. The third-order valence-electron chi connectivity index (χ3n) is 7.97. The van der Waals surface area contributed by atoms with Crippen LogP contribution in [0.15, 0.2) is 84.4 Å². The third-order valence-corrected chi connectivity index (χ3v) is 7.97. The zero-order chi connectivity index (χ0) is 55.2. The number of Topliss-reactive ketones (excluding diaryl/α,β-unsaturated/α-hetero) is 1. The second kappa shape index (κ2) is 75.2. The molecule has 0 saturated heterocycles. The van der Waals surface area contributed by atoms with Crippen molar-refractivity contribution in [1.82, 2.24) is 0 Å². The molecule has 5 nitrogen and oxygen atoms in total. The zero-order valence-electron chi connectivity index (χ0n) is 49.4. The van der Waals surface area contributed by atoms with Crippen molar-refractivity contribution in [3.63, 3.8) is 0 Å². The van der Waals surface area contributed by atoms with Gasteiger partial charge >= 0.3 is 0 Å². The van der Waals surface area contributed by atoms with Gasteiger partial charge in [0, 0.05) is 105 Å². The first kappa shape index (κ1) is 98.7. The van der Waals surface area contributed by atoms with Crippen LogP contribution in [0.25, 0.3) is 12.2 Å². The van der Waals surface area contributed by atoms with Gasteiger partial charge in [0.25, 0.3) is 0 Å². The van der Waals surface area contributed by atoms with E-state index in [1.54, 1.807) is 19.9 Å². The monoisotopic (exact) mass is 1220 g/mol. The molecule has 0 atom stereocenters. The van der Waals surface area contributed by atoms with Gasteiger partial charge in [-0.1, -0.05) is 178 Å². The second-order valence-electron chi connectivity index (χ2n) is 14.1. The average molecular weight is 1220 g/mol. The number of ketones is 2. The van der Waals surface area contributed by atoms with Crippen molar-refractivity contribution in [1.29, 1.82) is 0 Å². The van der Waals surface area contributed by atoms with E-state index in [-0.39, 0.29) is 111 Å². The smallest absolute Gasteiger partial charge is 0.152 e. The second-order valence-corrected chi connectivity index (χ2v) is 14.1. The molecule has 0 unspecified atom stereocenters. The minimum atomic E-state index is 0. The molecule has 0 bridgehead atoms. The number of hydrogen-bond acceptors (Lipinski definition) is 5. The van der Waals surface area contributed by atoms with Crippen molar-refractivity contribution >= 4 is 42.6 Å². The molecule has 8 heteroatoms. The molecule has 4 aromatic carbocycles. The first-order valence-electron chi connectivity index (χ1n) is 24.1. The fraction of sp³-hybridized carbons (Fsp3) is 0.438. The number of unbranched alkanes of at least 4 members (excludes halogenated alkanes) is 1. The predicted octanol–water partition coefficient (Wildman–Crippen LogP) is 18.5. The van der Waals surface area contributed by atoms with Gasteiger partial charge in [0.05, 0.1) is 0 Å². The van der Waals surface area contributed by atoms with E-state index in [4.69, 9.17) is 14.4 Å². The van der Waals surface area contributed by atoms with Crippen molar-refractivity contribution in [2.45, 2.75) is 192 Å². The van der Waals surface area contributed by atoms with Crippen LogP contribution in [0.3, 0.4) is 0 Å². The number of hydrogen-bond donors (Lipinski definition) is 0. The van der Waals surface area contributed by atoms with E-state index in [1.807, 2.05) is 92.7 Å². The molecular weight excluding hydrogens is 1120 g/mol. The number of aryl methyl sites for hydroxylation is 9. The largest absolute Gasteiger partial charge is 0.542 e. The Morgan fingerprint density at radius 1 is 0.528 bits per heavy atom. The van der Waals surface area contributed by atoms with Crippen molar-refractivity contribution in [2.75, 3.05) is 0 Å². The van der Waals surface area contributed by atoms with Crippen molar-refractivity contribution in [3.05, 3.63) is 172 Å². The normalized spacial score (nSPS) is 7.82. The molecule has 3 radical (unpaired) electrons. The Balaban J connectivity index is -0.0000000577. The molecule has 0 amide bonds. The molecule has 0 N–H and O–H groups in total. The number of carbonyl (C=O) groups is 2. The van der Waals surface area contributed by atoms with Gasteiger partial charge in [-0.15, -0.1) is 17.7 Å². The maximum Gasteiger partial charge on any atom is 0.152 e. The summed E-state index contributed by atoms with van der Waals surface area (Å²) in [5, 5.41) is 0. The molecule has 403 valence electrons. The van der Waals surface area contributed by atoms with Gasteiger partial charge in [-0.3, -0.25) is 29.7 Å². The summed E-state index contributed by atoms with van der Waals surface area (Å²) >= 11 is 0. The van der Waals surface area contributed by atoms with Crippen LogP contribution in [0.2, 0.25) is 0 Å². The summed E-state index contributed by atoms with van der Waals surface area (Å²) in [7, 11) is 0. The molecule has 0 spiro atoms. The van der Waals surface area contributed by atoms with Gasteiger partial charge in [0.2, 0.25) is 0 Å². The summed E-state index contributed by atoms with van der Waals surface area (Å²) in [5.41, 5.74) is 16.1. The van der Waals surface area contributed by atoms with Gasteiger partial charge in [0.1, 0.15) is 5.78 Å². The Kier molecular flexibility index (Phi) is 103. The van der Waals surface area contributed by atoms with E-state index in [1.165, 1.54) is 95.3 Å². The molecule has 0 fully saturated rings. The number of allylic oxidation sites excluding steroid dienone is 2. The Morgan fingerprint density at radius 2 is 0.847 bits per heavy atom. The molecule has 0 aliphatic rings. The maximum atomic E-state index is 10.7.